The van der Waals surface area contributed by atoms with Crippen molar-refractivity contribution in [3.05, 3.63) is 206 Å². The van der Waals surface area contributed by atoms with E-state index in [1.165, 1.54) is 27.2 Å². The molecular formula is C53H35N3O2. The Morgan fingerprint density at radius 1 is 0.448 bits per heavy atom. The molecule has 5 heteroatoms. The molecule has 2 aromatic heterocycles. The molecule has 3 heterocycles. The van der Waals surface area contributed by atoms with E-state index in [2.05, 4.69) is 185 Å². The number of fused-ring (bicyclic) bond motifs is 9. The zero-order valence-corrected chi connectivity index (χ0v) is 31.3. The second kappa shape index (κ2) is 12.9. The number of nitrogens with zero attached hydrogens (tertiary/aromatic N) is 2. The van der Waals surface area contributed by atoms with Crippen LogP contribution in [0.4, 0.5) is 22.7 Å². The minimum absolute atomic E-state index is 0.217. The highest BCUT2D eigenvalue weighted by Crippen LogP contribution is 2.45. The maximum Gasteiger partial charge on any atom is 0.196 e. The molecule has 0 saturated heterocycles. The molecular weight excluding hydrogens is 711 g/mol. The van der Waals surface area contributed by atoms with E-state index in [1.807, 2.05) is 30.3 Å². The first-order valence-electron chi connectivity index (χ1n) is 19.7. The second-order valence-electron chi connectivity index (χ2n) is 15.0. The molecule has 0 amide bonds. The van der Waals surface area contributed by atoms with Crippen LogP contribution in [0.15, 0.2) is 205 Å². The third-order valence-electron chi connectivity index (χ3n) is 11.6. The molecule has 1 atom stereocenters. The Hall–Kier alpha value is -7.76. The van der Waals surface area contributed by atoms with Crippen LogP contribution in [0.2, 0.25) is 0 Å². The van der Waals surface area contributed by atoms with Crippen molar-refractivity contribution in [2.24, 2.45) is 0 Å². The molecule has 1 aliphatic rings. The maximum absolute atomic E-state index is 6.36. The van der Waals surface area contributed by atoms with E-state index in [1.54, 1.807) is 0 Å². The summed E-state index contributed by atoms with van der Waals surface area (Å²) in [4.78, 5) is 2.33. The predicted molar refractivity (Wildman–Crippen MR) is 239 cm³/mol. The van der Waals surface area contributed by atoms with Crippen molar-refractivity contribution in [2.45, 2.75) is 6.23 Å². The first kappa shape index (κ1) is 32.5. The maximum atomic E-state index is 6.36. The van der Waals surface area contributed by atoms with Crippen molar-refractivity contribution >= 4 is 77.3 Å². The molecule has 5 nitrogen and oxygen atoms in total. The average Bonchev–Trinajstić information content (AvgIpc) is 4.00. The summed E-state index contributed by atoms with van der Waals surface area (Å²) in [5.74, 6) is 0.871. The number of ether oxygens (including phenoxy) is 1. The quantitative estimate of drug-likeness (QED) is 0.184. The van der Waals surface area contributed by atoms with Gasteiger partial charge in [-0.15, -0.1) is 0 Å². The fourth-order valence-corrected chi connectivity index (χ4v) is 8.85. The Kier molecular flexibility index (Phi) is 7.23. The molecule has 0 aliphatic carbocycles. The van der Waals surface area contributed by atoms with Gasteiger partial charge in [0.1, 0.15) is 16.9 Å². The minimum atomic E-state index is -0.217. The van der Waals surface area contributed by atoms with Crippen LogP contribution >= 0.6 is 0 Å². The van der Waals surface area contributed by atoms with Gasteiger partial charge in [-0.05, 0) is 101 Å². The number of benzene rings is 9. The van der Waals surface area contributed by atoms with Gasteiger partial charge in [0.2, 0.25) is 0 Å². The summed E-state index contributed by atoms with van der Waals surface area (Å²) in [6.07, 6.45) is -0.217. The Morgan fingerprint density at radius 3 is 1.81 bits per heavy atom. The van der Waals surface area contributed by atoms with Crippen LogP contribution in [0, 0.1) is 0 Å². The lowest BCUT2D eigenvalue weighted by Crippen LogP contribution is -2.10. The van der Waals surface area contributed by atoms with Gasteiger partial charge < -0.3 is 23.9 Å². The van der Waals surface area contributed by atoms with Gasteiger partial charge in [0.05, 0.1) is 16.7 Å². The van der Waals surface area contributed by atoms with Crippen LogP contribution in [0.3, 0.4) is 0 Å². The summed E-state index contributed by atoms with van der Waals surface area (Å²) in [7, 11) is 0. The van der Waals surface area contributed by atoms with Crippen LogP contribution in [-0.2, 0) is 0 Å². The zero-order chi connectivity index (χ0) is 38.2. The number of anilines is 4. The number of hydrogen-bond donors (Lipinski definition) is 1. The summed E-state index contributed by atoms with van der Waals surface area (Å²) >= 11 is 0. The standard InChI is InChI=1S/C53H35N3O2/c1-2-10-36(11-3-1)53-54-52-45-32-37(19-18-35(45)22-30-51(52)58-53)34-20-23-38(24-21-34)55(41-29-31-50-46(33-41)44-14-6-9-17-49(44)57-50)39-25-27-40(28-26-39)56-47-15-7-4-12-42(47)43-13-5-8-16-48(43)56/h1-33,53-54H. The van der Waals surface area contributed by atoms with Crippen molar-refractivity contribution in [1.82, 2.24) is 4.57 Å². The summed E-state index contributed by atoms with van der Waals surface area (Å²) in [5, 5.41) is 10.7. The van der Waals surface area contributed by atoms with E-state index in [4.69, 9.17) is 9.15 Å². The molecule has 0 radical (unpaired) electrons. The molecule has 0 spiro atoms. The Morgan fingerprint density at radius 2 is 1.05 bits per heavy atom. The molecule has 0 fully saturated rings. The van der Waals surface area contributed by atoms with E-state index >= 15 is 0 Å². The van der Waals surface area contributed by atoms with Crippen LogP contribution in [0.5, 0.6) is 5.75 Å². The molecule has 11 aromatic rings. The highest BCUT2D eigenvalue weighted by molar-refractivity contribution is 6.09. The third-order valence-corrected chi connectivity index (χ3v) is 11.6. The highest BCUT2D eigenvalue weighted by atomic mass is 16.5. The van der Waals surface area contributed by atoms with Gasteiger partial charge in [0, 0.05) is 55.2 Å². The highest BCUT2D eigenvalue weighted by Gasteiger charge is 2.25. The Balaban J connectivity index is 0.946. The number of rotatable bonds is 6. The molecule has 58 heavy (non-hydrogen) atoms. The van der Waals surface area contributed by atoms with Crippen molar-refractivity contribution in [1.29, 1.82) is 0 Å². The van der Waals surface area contributed by atoms with Gasteiger partial charge >= 0.3 is 0 Å². The molecule has 0 saturated carbocycles. The number of hydrogen-bond acceptors (Lipinski definition) is 4. The van der Waals surface area contributed by atoms with Crippen LogP contribution in [0.1, 0.15) is 11.8 Å². The average molecular weight is 746 g/mol. The fourth-order valence-electron chi connectivity index (χ4n) is 8.85. The monoisotopic (exact) mass is 745 g/mol. The summed E-state index contributed by atoms with van der Waals surface area (Å²) in [6.45, 7) is 0. The van der Waals surface area contributed by atoms with Crippen molar-refractivity contribution in [3.8, 4) is 22.6 Å². The van der Waals surface area contributed by atoms with E-state index in [9.17, 15) is 0 Å². The van der Waals surface area contributed by atoms with Crippen molar-refractivity contribution in [2.75, 3.05) is 10.2 Å². The topological polar surface area (TPSA) is 42.6 Å². The largest absolute Gasteiger partial charge is 0.464 e. The number of para-hydroxylation sites is 3. The molecule has 1 N–H and O–H groups in total. The number of aromatic nitrogens is 1. The fraction of sp³-hybridized carbons (Fsp3) is 0.0189. The molecule has 12 rings (SSSR count). The van der Waals surface area contributed by atoms with Crippen LogP contribution in [0.25, 0.3) is 71.3 Å². The minimum Gasteiger partial charge on any atom is -0.464 e. The first-order valence-corrected chi connectivity index (χ1v) is 19.7. The molecule has 9 aromatic carbocycles. The normalized spacial score (nSPS) is 13.6. The molecule has 274 valence electrons. The molecule has 1 unspecified atom stereocenters. The Labute approximate surface area is 334 Å². The van der Waals surface area contributed by atoms with Gasteiger partial charge in [-0.3, -0.25) is 0 Å². The number of nitrogens with one attached hydrogen (secondary N) is 1. The Bertz CT molecular complexity index is 3290. The summed E-state index contributed by atoms with van der Waals surface area (Å²) < 4.78 is 15.0. The predicted octanol–water partition coefficient (Wildman–Crippen LogP) is 14.5. The van der Waals surface area contributed by atoms with E-state index in [0.29, 0.717) is 0 Å². The lowest BCUT2D eigenvalue weighted by Gasteiger charge is -2.26. The lowest BCUT2D eigenvalue weighted by atomic mass is 9.99. The van der Waals surface area contributed by atoms with Gasteiger partial charge in [-0.25, -0.2) is 0 Å². The van der Waals surface area contributed by atoms with Crippen LogP contribution < -0.4 is 15.0 Å². The SMILES string of the molecule is c1ccc(C2Nc3c(ccc4ccc(-c5ccc(N(c6ccc(-n7c8ccccc8c8ccccc87)cc6)c6ccc7oc8ccccc8c7c6)cc5)cc34)O2)cc1. The second-order valence-corrected chi connectivity index (χ2v) is 15.0. The van der Waals surface area contributed by atoms with Gasteiger partial charge in [0.25, 0.3) is 0 Å². The van der Waals surface area contributed by atoms with Crippen molar-refractivity contribution < 1.29 is 9.15 Å². The van der Waals surface area contributed by atoms with Crippen LogP contribution in [-0.4, -0.2) is 4.57 Å². The van der Waals surface area contributed by atoms with Gasteiger partial charge in [-0.2, -0.15) is 0 Å². The van der Waals surface area contributed by atoms with E-state index < -0.39 is 0 Å². The van der Waals surface area contributed by atoms with E-state index in [0.717, 1.165) is 78.2 Å². The molecule has 0 bridgehead atoms. The van der Waals surface area contributed by atoms with Crippen molar-refractivity contribution in [3.63, 3.8) is 0 Å². The smallest absolute Gasteiger partial charge is 0.196 e. The van der Waals surface area contributed by atoms with Gasteiger partial charge in [0.15, 0.2) is 6.23 Å². The first-order chi connectivity index (χ1) is 28.7. The van der Waals surface area contributed by atoms with E-state index in [-0.39, 0.29) is 6.23 Å². The number of furan rings is 1. The third kappa shape index (κ3) is 5.17. The zero-order valence-electron chi connectivity index (χ0n) is 31.3. The lowest BCUT2D eigenvalue weighted by molar-refractivity contribution is 0.260. The summed E-state index contributed by atoms with van der Waals surface area (Å²) in [5.41, 5.74) is 12.9. The summed E-state index contributed by atoms with van der Waals surface area (Å²) in [6, 6.07) is 71.0. The molecule has 1 aliphatic heterocycles. The van der Waals surface area contributed by atoms with Gasteiger partial charge in [-0.1, -0.05) is 115 Å².